The lowest BCUT2D eigenvalue weighted by Crippen LogP contribution is -2.38. The molecule has 0 bridgehead atoms. The Hall–Kier alpha value is -0.400. The Morgan fingerprint density at radius 3 is 1.00 bits per heavy atom. The van der Waals surface area contributed by atoms with E-state index in [-0.39, 0.29) is 0 Å². The molecule has 0 spiro atoms. The number of nitrogens with one attached hydrogen (secondary N) is 8. The zero-order chi connectivity index (χ0) is 25.2. The highest BCUT2D eigenvalue weighted by molar-refractivity contribution is 4.69. The summed E-state index contributed by atoms with van der Waals surface area (Å²) in [5.74, 6) is 1.18. The molecule has 0 saturated carbocycles. The summed E-state index contributed by atoms with van der Waals surface area (Å²) in [4.78, 5) is 0. The summed E-state index contributed by atoms with van der Waals surface area (Å²) in [5.41, 5.74) is 0. The van der Waals surface area contributed by atoms with Gasteiger partial charge in [0.1, 0.15) is 0 Å². The minimum atomic E-state index is 0.592. The SMILES string of the molecule is C1CNCCNCC(CCOCCOCCC2CNCCNCCCNCCNC2)CNCCNC1. The molecule has 0 amide bonds. The number of rotatable bonds is 9. The van der Waals surface area contributed by atoms with Crippen LogP contribution in [0.3, 0.4) is 0 Å². The fourth-order valence-electron chi connectivity index (χ4n) is 4.48. The van der Waals surface area contributed by atoms with E-state index in [1.807, 2.05) is 0 Å². The maximum Gasteiger partial charge on any atom is 0.0700 e. The van der Waals surface area contributed by atoms with Gasteiger partial charge in [0.15, 0.2) is 0 Å². The van der Waals surface area contributed by atoms with Gasteiger partial charge in [0.2, 0.25) is 0 Å². The minimum absolute atomic E-state index is 0.592. The van der Waals surface area contributed by atoms with E-state index in [1.165, 1.54) is 12.8 Å². The van der Waals surface area contributed by atoms with Crippen LogP contribution in [0.1, 0.15) is 25.7 Å². The van der Waals surface area contributed by atoms with Crippen LogP contribution < -0.4 is 42.5 Å². The largest absolute Gasteiger partial charge is 0.379 e. The minimum Gasteiger partial charge on any atom is -0.379 e. The molecule has 2 aliphatic rings. The molecule has 2 fully saturated rings. The standard InChI is InChI=1S/C26H58N8O2/c1-5-27-9-13-31-21-25(22-32-14-10-28-6-1)3-17-35-19-20-36-18-4-26-23-33-15-11-29-7-2-8-30-12-16-34-24-26/h25-34H,1-24H2. The van der Waals surface area contributed by atoms with E-state index in [1.54, 1.807) is 0 Å². The average Bonchev–Trinajstić information content (AvgIpc) is 2.89. The Labute approximate surface area is 220 Å². The molecule has 2 aliphatic heterocycles. The summed E-state index contributed by atoms with van der Waals surface area (Å²) in [6, 6.07) is 0. The monoisotopic (exact) mass is 514 g/mol. The Bertz CT molecular complexity index is 396. The zero-order valence-electron chi connectivity index (χ0n) is 22.9. The topological polar surface area (TPSA) is 115 Å². The number of hydrogen-bond acceptors (Lipinski definition) is 10. The molecule has 10 heteroatoms. The van der Waals surface area contributed by atoms with E-state index >= 15 is 0 Å². The van der Waals surface area contributed by atoms with Crippen molar-refractivity contribution in [3.63, 3.8) is 0 Å². The first-order valence-corrected chi connectivity index (χ1v) is 14.8. The molecule has 214 valence electrons. The molecular weight excluding hydrogens is 456 g/mol. The maximum absolute atomic E-state index is 5.91. The molecule has 0 aromatic carbocycles. The first-order chi connectivity index (χ1) is 17.9. The van der Waals surface area contributed by atoms with E-state index < -0.39 is 0 Å². The molecule has 0 radical (unpaired) electrons. The molecule has 8 N–H and O–H groups in total. The third-order valence-corrected chi connectivity index (χ3v) is 6.77. The van der Waals surface area contributed by atoms with Crippen molar-refractivity contribution in [3.05, 3.63) is 0 Å². The Morgan fingerprint density at radius 1 is 0.361 bits per heavy atom. The van der Waals surface area contributed by atoms with Crippen LogP contribution in [-0.4, -0.2) is 131 Å². The lowest BCUT2D eigenvalue weighted by molar-refractivity contribution is 0.0383. The van der Waals surface area contributed by atoms with Crippen molar-refractivity contribution in [2.45, 2.75) is 25.7 Å². The van der Waals surface area contributed by atoms with E-state index in [4.69, 9.17) is 9.47 Å². The third kappa shape index (κ3) is 19.7. The zero-order valence-corrected chi connectivity index (χ0v) is 22.9. The van der Waals surface area contributed by atoms with E-state index in [0.29, 0.717) is 25.0 Å². The van der Waals surface area contributed by atoms with Crippen LogP contribution >= 0.6 is 0 Å². The van der Waals surface area contributed by atoms with Crippen molar-refractivity contribution in [2.24, 2.45) is 11.8 Å². The maximum atomic E-state index is 5.91. The lowest BCUT2D eigenvalue weighted by atomic mass is 10.1. The molecule has 2 saturated heterocycles. The summed E-state index contributed by atoms with van der Waals surface area (Å²) in [5, 5.41) is 28.4. The van der Waals surface area contributed by atoms with Gasteiger partial charge in [-0.1, -0.05) is 0 Å². The van der Waals surface area contributed by atoms with Crippen LogP contribution in [0.4, 0.5) is 0 Å². The van der Waals surface area contributed by atoms with E-state index in [0.717, 1.165) is 131 Å². The van der Waals surface area contributed by atoms with Crippen LogP contribution in [0.25, 0.3) is 0 Å². The summed E-state index contributed by atoms with van der Waals surface area (Å²) in [6.45, 7) is 19.7. The smallest absolute Gasteiger partial charge is 0.0700 e. The van der Waals surface area contributed by atoms with Crippen molar-refractivity contribution in [1.82, 2.24) is 42.5 Å². The first-order valence-electron chi connectivity index (χ1n) is 14.8. The van der Waals surface area contributed by atoms with Crippen LogP contribution in [0, 0.1) is 11.8 Å². The van der Waals surface area contributed by atoms with Gasteiger partial charge in [0, 0.05) is 65.6 Å². The lowest BCUT2D eigenvalue weighted by Gasteiger charge is -2.20. The van der Waals surface area contributed by atoms with E-state index in [9.17, 15) is 0 Å². The molecule has 0 aromatic heterocycles. The van der Waals surface area contributed by atoms with E-state index in [2.05, 4.69) is 42.5 Å². The van der Waals surface area contributed by atoms with Crippen molar-refractivity contribution in [2.75, 3.05) is 131 Å². The molecule has 0 atom stereocenters. The Kier molecular flexibility index (Phi) is 22.0. The van der Waals surface area contributed by atoms with Gasteiger partial charge in [-0.15, -0.1) is 0 Å². The first kappa shape index (κ1) is 31.8. The van der Waals surface area contributed by atoms with Gasteiger partial charge in [0.25, 0.3) is 0 Å². The highest BCUT2D eigenvalue weighted by Crippen LogP contribution is 2.03. The van der Waals surface area contributed by atoms with Crippen LogP contribution in [0.5, 0.6) is 0 Å². The molecular formula is C26H58N8O2. The predicted molar refractivity (Wildman–Crippen MR) is 150 cm³/mol. The molecule has 10 nitrogen and oxygen atoms in total. The van der Waals surface area contributed by atoms with Crippen molar-refractivity contribution in [1.29, 1.82) is 0 Å². The Balaban J connectivity index is 1.49. The Morgan fingerprint density at radius 2 is 0.667 bits per heavy atom. The van der Waals surface area contributed by atoms with Gasteiger partial charge in [-0.2, -0.15) is 0 Å². The summed E-state index contributed by atoms with van der Waals surface area (Å²) in [7, 11) is 0. The highest BCUT2D eigenvalue weighted by Gasteiger charge is 2.10. The van der Waals surface area contributed by atoms with Crippen LogP contribution in [0.15, 0.2) is 0 Å². The quantitative estimate of drug-likeness (QED) is 0.174. The van der Waals surface area contributed by atoms with Crippen molar-refractivity contribution >= 4 is 0 Å². The van der Waals surface area contributed by atoms with Gasteiger partial charge < -0.3 is 52.0 Å². The summed E-state index contributed by atoms with van der Waals surface area (Å²) in [6.07, 6.45) is 4.52. The molecule has 2 heterocycles. The second-order valence-electron chi connectivity index (χ2n) is 10.1. The second kappa shape index (κ2) is 24.9. The van der Waals surface area contributed by atoms with Crippen molar-refractivity contribution < 1.29 is 9.47 Å². The fourth-order valence-corrected chi connectivity index (χ4v) is 4.48. The average molecular weight is 515 g/mol. The van der Waals surface area contributed by atoms with Gasteiger partial charge in [-0.3, -0.25) is 0 Å². The summed E-state index contributed by atoms with van der Waals surface area (Å²) < 4.78 is 11.8. The number of hydrogen-bond donors (Lipinski definition) is 8. The highest BCUT2D eigenvalue weighted by atomic mass is 16.5. The molecule has 36 heavy (non-hydrogen) atoms. The van der Waals surface area contributed by atoms with Crippen LogP contribution in [-0.2, 0) is 9.47 Å². The normalized spacial score (nSPS) is 23.0. The van der Waals surface area contributed by atoms with Crippen LogP contribution in [0.2, 0.25) is 0 Å². The van der Waals surface area contributed by atoms with Gasteiger partial charge in [0.05, 0.1) is 13.2 Å². The third-order valence-electron chi connectivity index (χ3n) is 6.77. The molecule has 0 unspecified atom stereocenters. The van der Waals surface area contributed by atoms with Crippen molar-refractivity contribution in [3.8, 4) is 0 Å². The summed E-state index contributed by atoms with van der Waals surface area (Å²) >= 11 is 0. The van der Waals surface area contributed by atoms with Gasteiger partial charge >= 0.3 is 0 Å². The van der Waals surface area contributed by atoms with Gasteiger partial charge in [-0.05, 0) is 89.9 Å². The molecule has 0 aliphatic carbocycles. The predicted octanol–water partition coefficient (Wildman–Crippen LogP) is -1.44. The molecule has 2 rings (SSSR count). The number of ether oxygens (including phenoxy) is 2. The molecule has 0 aromatic rings. The van der Waals surface area contributed by atoms with Gasteiger partial charge in [-0.25, -0.2) is 0 Å². The fraction of sp³-hybridized carbons (Fsp3) is 1.00. The second-order valence-corrected chi connectivity index (χ2v) is 10.1.